The van der Waals surface area contributed by atoms with Crippen molar-refractivity contribution in [2.24, 2.45) is 11.8 Å². The number of nitro benzene ring substituents is 1. The van der Waals surface area contributed by atoms with Crippen LogP contribution >= 0.6 is 0 Å². The smallest absolute Gasteiger partial charge is 0.342 e. The monoisotopic (exact) mass is 280 g/mol. The summed E-state index contributed by atoms with van der Waals surface area (Å²) in [6.45, 7) is 5.54. The number of anilines is 1. The number of amides is 1. The van der Waals surface area contributed by atoms with Gasteiger partial charge in [0.25, 0.3) is 5.69 Å². The van der Waals surface area contributed by atoms with Crippen molar-refractivity contribution in [3.8, 4) is 0 Å². The summed E-state index contributed by atoms with van der Waals surface area (Å²) in [5.74, 6) is -1.79. The molecule has 0 aliphatic rings. The Kier molecular flexibility index (Phi) is 4.79. The highest BCUT2D eigenvalue weighted by molar-refractivity contribution is 5.97. The third-order valence-corrected chi connectivity index (χ3v) is 3.10. The molecule has 0 radical (unpaired) electrons. The number of nitro groups is 1. The number of carboxylic acid groups (broad SMARTS) is 1. The molecule has 0 aromatic heterocycles. The summed E-state index contributed by atoms with van der Waals surface area (Å²) in [5, 5.41) is 22.2. The molecule has 108 valence electrons. The fourth-order valence-electron chi connectivity index (χ4n) is 1.50. The van der Waals surface area contributed by atoms with Crippen LogP contribution in [0, 0.1) is 22.0 Å². The normalized spacial score (nSPS) is 12.0. The molecule has 1 amide bonds. The van der Waals surface area contributed by atoms with Gasteiger partial charge < -0.3 is 10.4 Å². The number of carboxylic acids is 1. The van der Waals surface area contributed by atoms with Gasteiger partial charge in [0.2, 0.25) is 5.91 Å². The maximum Gasteiger partial charge on any atom is 0.342 e. The second kappa shape index (κ2) is 6.14. The Morgan fingerprint density at radius 1 is 1.30 bits per heavy atom. The molecule has 0 aliphatic heterocycles. The van der Waals surface area contributed by atoms with E-state index in [-0.39, 0.29) is 23.4 Å². The van der Waals surface area contributed by atoms with E-state index >= 15 is 0 Å². The molecule has 7 nitrogen and oxygen atoms in total. The van der Waals surface area contributed by atoms with Gasteiger partial charge in [-0.05, 0) is 18.1 Å². The van der Waals surface area contributed by atoms with Gasteiger partial charge in [0.15, 0.2) is 0 Å². The van der Waals surface area contributed by atoms with Crippen molar-refractivity contribution in [3.63, 3.8) is 0 Å². The molecule has 0 bridgehead atoms. The van der Waals surface area contributed by atoms with Crippen LogP contribution in [0.2, 0.25) is 0 Å². The minimum absolute atomic E-state index is 0.131. The van der Waals surface area contributed by atoms with E-state index in [1.54, 1.807) is 6.92 Å². The number of carbonyl (C=O) groups is 2. The number of hydrogen-bond acceptors (Lipinski definition) is 4. The quantitative estimate of drug-likeness (QED) is 0.636. The zero-order valence-corrected chi connectivity index (χ0v) is 11.4. The zero-order chi connectivity index (χ0) is 15.4. The molecular formula is C13H16N2O5. The molecule has 7 heteroatoms. The molecule has 1 aromatic rings. The van der Waals surface area contributed by atoms with Crippen molar-refractivity contribution >= 4 is 23.3 Å². The molecule has 0 aliphatic carbocycles. The fourth-order valence-corrected chi connectivity index (χ4v) is 1.50. The van der Waals surface area contributed by atoms with Crippen LogP contribution in [0.5, 0.6) is 0 Å². The van der Waals surface area contributed by atoms with Gasteiger partial charge in [0.1, 0.15) is 5.56 Å². The van der Waals surface area contributed by atoms with Crippen molar-refractivity contribution in [1.82, 2.24) is 0 Å². The Bertz CT molecular complexity index is 554. The maximum absolute atomic E-state index is 11.9. The van der Waals surface area contributed by atoms with Crippen LogP contribution in [-0.4, -0.2) is 21.9 Å². The number of rotatable bonds is 5. The lowest BCUT2D eigenvalue weighted by Gasteiger charge is -2.15. The molecule has 0 saturated carbocycles. The van der Waals surface area contributed by atoms with Crippen molar-refractivity contribution in [2.45, 2.75) is 20.8 Å². The van der Waals surface area contributed by atoms with Gasteiger partial charge in [-0.2, -0.15) is 0 Å². The first kappa shape index (κ1) is 15.6. The van der Waals surface area contributed by atoms with Crippen molar-refractivity contribution in [2.75, 3.05) is 5.32 Å². The van der Waals surface area contributed by atoms with Crippen LogP contribution in [0.4, 0.5) is 11.4 Å². The minimum atomic E-state index is -1.41. The van der Waals surface area contributed by atoms with Crippen molar-refractivity contribution < 1.29 is 19.6 Å². The summed E-state index contributed by atoms with van der Waals surface area (Å²) >= 11 is 0. The number of hydrogen-bond donors (Lipinski definition) is 2. The van der Waals surface area contributed by atoms with E-state index < -0.39 is 22.1 Å². The number of nitrogens with one attached hydrogen (secondary N) is 1. The van der Waals surface area contributed by atoms with Crippen LogP contribution < -0.4 is 5.32 Å². The molecule has 1 atom stereocenters. The second-order valence-electron chi connectivity index (χ2n) is 4.82. The summed E-state index contributed by atoms with van der Waals surface area (Å²) in [7, 11) is 0. The highest BCUT2D eigenvalue weighted by Crippen LogP contribution is 2.23. The summed E-state index contributed by atoms with van der Waals surface area (Å²) in [6.07, 6.45) is 0. The summed E-state index contributed by atoms with van der Waals surface area (Å²) in [4.78, 5) is 32.8. The molecule has 2 N–H and O–H groups in total. The molecule has 0 spiro atoms. The molecule has 1 aromatic carbocycles. The molecule has 0 saturated heterocycles. The van der Waals surface area contributed by atoms with E-state index in [0.29, 0.717) is 0 Å². The lowest BCUT2D eigenvalue weighted by Crippen LogP contribution is -2.24. The lowest BCUT2D eigenvalue weighted by molar-refractivity contribution is -0.385. The first-order valence-electron chi connectivity index (χ1n) is 6.06. The van der Waals surface area contributed by atoms with E-state index in [1.165, 1.54) is 6.07 Å². The number of benzene rings is 1. The number of aromatic carboxylic acids is 1. The van der Waals surface area contributed by atoms with E-state index in [4.69, 9.17) is 5.11 Å². The Hall–Kier alpha value is -2.44. The Balaban J connectivity index is 3.04. The van der Waals surface area contributed by atoms with Gasteiger partial charge in [0, 0.05) is 17.7 Å². The van der Waals surface area contributed by atoms with Gasteiger partial charge in [-0.25, -0.2) is 4.79 Å². The standard InChI is InChI=1S/C13H16N2O5/c1-7(2)8(3)12(16)14-9-4-5-11(15(19)20)10(6-9)13(17)18/h4-8H,1-3H3,(H,14,16)(H,17,18). The Morgan fingerprint density at radius 3 is 2.35 bits per heavy atom. The largest absolute Gasteiger partial charge is 0.477 e. The Morgan fingerprint density at radius 2 is 1.90 bits per heavy atom. The molecule has 20 heavy (non-hydrogen) atoms. The fraction of sp³-hybridized carbons (Fsp3) is 0.385. The third-order valence-electron chi connectivity index (χ3n) is 3.10. The van der Waals surface area contributed by atoms with Gasteiger partial charge in [0.05, 0.1) is 4.92 Å². The highest BCUT2D eigenvalue weighted by atomic mass is 16.6. The summed E-state index contributed by atoms with van der Waals surface area (Å²) in [6, 6.07) is 3.47. The van der Waals surface area contributed by atoms with Crippen molar-refractivity contribution in [1.29, 1.82) is 0 Å². The molecular weight excluding hydrogens is 264 g/mol. The van der Waals surface area contributed by atoms with Gasteiger partial charge in [-0.15, -0.1) is 0 Å². The predicted molar refractivity (Wildman–Crippen MR) is 72.7 cm³/mol. The predicted octanol–water partition coefficient (Wildman–Crippen LogP) is 2.52. The number of nitrogens with zero attached hydrogens (tertiary/aromatic N) is 1. The SMILES string of the molecule is CC(C)C(C)C(=O)Nc1ccc([N+](=O)[O-])c(C(=O)O)c1. The van der Waals surface area contributed by atoms with Crippen LogP contribution in [0.1, 0.15) is 31.1 Å². The van der Waals surface area contributed by atoms with Crippen LogP contribution in [0.3, 0.4) is 0 Å². The van der Waals surface area contributed by atoms with Gasteiger partial charge in [-0.3, -0.25) is 14.9 Å². The van der Waals surface area contributed by atoms with Crippen molar-refractivity contribution in [3.05, 3.63) is 33.9 Å². The van der Waals surface area contributed by atoms with Crippen LogP contribution in [0.15, 0.2) is 18.2 Å². The Labute approximate surface area is 115 Å². The van der Waals surface area contributed by atoms with E-state index in [0.717, 1.165) is 12.1 Å². The summed E-state index contributed by atoms with van der Waals surface area (Å²) in [5.41, 5.74) is -0.733. The highest BCUT2D eigenvalue weighted by Gasteiger charge is 2.22. The van der Waals surface area contributed by atoms with Gasteiger partial charge >= 0.3 is 5.97 Å². The molecule has 0 fully saturated rings. The summed E-state index contributed by atoms with van der Waals surface area (Å²) < 4.78 is 0. The first-order valence-corrected chi connectivity index (χ1v) is 6.06. The first-order chi connectivity index (χ1) is 9.23. The van der Waals surface area contributed by atoms with Crippen LogP contribution in [-0.2, 0) is 4.79 Å². The average Bonchev–Trinajstić information content (AvgIpc) is 2.37. The van der Waals surface area contributed by atoms with E-state index in [2.05, 4.69) is 5.32 Å². The minimum Gasteiger partial charge on any atom is -0.477 e. The average molecular weight is 280 g/mol. The third kappa shape index (κ3) is 3.53. The topological polar surface area (TPSA) is 110 Å². The van der Waals surface area contributed by atoms with Crippen LogP contribution in [0.25, 0.3) is 0 Å². The van der Waals surface area contributed by atoms with E-state index in [1.807, 2.05) is 13.8 Å². The molecule has 1 rings (SSSR count). The second-order valence-corrected chi connectivity index (χ2v) is 4.82. The zero-order valence-electron chi connectivity index (χ0n) is 11.4. The van der Waals surface area contributed by atoms with Gasteiger partial charge in [-0.1, -0.05) is 20.8 Å². The van der Waals surface area contributed by atoms with E-state index in [9.17, 15) is 19.7 Å². The number of carbonyl (C=O) groups excluding carboxylic acids is 1. The maximum atomic E-state index is 11.9. The lowest BCUT2D eigenvalue weighted by atomic mass is 9.97. The molecule has 0 heterocycles. The molecule has 1 unspecified atom stereocenters.